The lowest BCUT2D eigenvalue weighted by Gasteiger charge is -2.23. The number of carbonyl (C=O) groups is 1. The first kappa shape index (κ1) is 26.4. The van der Waals surface area contributed by atoms with Gasteiger partial charge in [-0.15, -0.1) is 0 Å². The molecule has 206 valence electrons. The minimum atomic E-state index is -0.921. The van der Waals surface area contributed by atoms with Crippen LogP contribution in [0.3, 0.4) is 0 Å². The number of aryl methyl sites for hydroxylation is 2. The van der Waals surface area contributed by atoms with Crippen molar-refractivity contribution in [3.05, 3.63) is 107 Å². The van der Waals surface area contributed by atoms with E-state index in [-0.39, 0.29) is 12.2 Å². The molecule has 6 rings (SSSR count). The van der Waals surface area contributed by atoms with Crippen molar-refractivity contribution in [3.63, 3.8) is 0 Å². The first-order chi connectivity index (χ1) is 19.9. The number of carboxylic acid groups (broad SMARTS) is 1. The number of nitrogens with zero attached hydrogens (tertiary/aromatic N) is 2. The summed E-state index contributed by atoms with van der Waals surface area (Å²) in [6, 6.07) is 20.1. The molecule has 0 saturated heterocycles. The molecule has 3 heterocycles. The van der Waals surface area contributed by atoms with Crippen LogP contribution in [0.25, 0.3) is 33.2 Å². The molecular formula is C34H29FN2O4. The van der Waals surface area contributed by atoms with E-state index in [1.165, 1.54) is 17.7 Å². The van der Waals surface area contributed by atoms with Gasteiger partial charge in [0.15, 0.2) is 0 Å². The van der Waals surface area contributed by atoms with Crippen molar-refractivity contribution in [2.75, 3.05) is 13.2 Å². The van der Waals surface area contributed by atoms with Crippen molar-refractivity contribution in [2.45, 2.75) is 33.1 Å². The minimum absolute atomic E-state index is 0.161. The van der Waals surface area contributed by atoms with Crippen molar-refractivity contribution in [1.82, 2.24) is 9.97 Å². The summed E-state index contributed by atoms with van der Waals surface area (Å²) < 4.78 is 25.1. The van der Waals surface area contributed by atoms with Gasteiger partial charge in [-0.05, 0) is 84.1 Å². The number of hydrogen-bond acceptors (Lipinski definition) is 5. The highest BCUT2D eigenvalue weighted by atomic mass is 19.1. The predicted octanol–water partition coefficient (Wildman–Crippen LogP) is 6.90. The fourth-order valence-electron chi connectivity index (χ4n) is 5.66. The Labute approximate surface area is 237 Å². The number of aliphatic carboxylic acids is 1. The third kappa shape index (κ3) is 5.23. The van der Waals surface area contributed by atoms with E-state index in [1.807, 2.05) is 62.5 Å². The predicted molar refractivity (Wildman–Crippen MR) is 156 cm³/mol. The van der Waals surface area contributed by atoms with E-state index < -0.39 is 5.97 Å². The van der Waals surface area contributed by atoms with E-state index in [2.05, 4.69) is 0 Å². The molecule has 5 aromatic rings. The molecular weight excluding hydrogens is 519 g/mol. The topological polar surface area (TPSA) is 81.5 Å². The molecule has 7 heteroatoms. The zero-order valence-corrected chi connectivity index (χ0v) is 22.9. The molecule has 0 fully saturated rings. The van der Waals surface area contributed by atoms with Crippen molar-refractivity contribution >= 4 is 16.9 Å². The van der Waals surface area contributed by atoms with Crippen LogP contribution in [0.15, 0.2) is 72.9 Å². The summed E-state index contributed by atoms with van der Waals surface area (Å²) in [6.07, 6.45) is 3.10. The molecule has 0 atom stereocenters. The molecule has 0 amide bonds. The van der Waals surface area contributed by atoms with Gasteiger partial charge in [-0.3, -0.25) is 14.8 Å². The lowest BCUT2D eigenvalue weighted by Crippen LogP contribution is -2.11. The summed E-state index contributed by atoms with van der Waals surface area (Å²) >= 11 is 0. The number of pyridine rings is 2. The fourth-order valence-corrected chi connectivity index (χ4v) is 5.66. The number of carboxylic acids is 1. The second-order valence-corrected chi connectivity index (χ2v) is 10.2. The highest BCUT2D eigenvalue weighted by molar-refractivity contribution is 6.04. The monoisotopic (exact) mass is 548 g/mol. The van der Waals surface area contributed by atoms with Gasteiger partial charge in [0.1, 0.15) is 17.3 Å². The molecule has 0 bridgehead atoms. The normalized spacial score (nSPS) is 12.3. The molecule has 6 nitrogen and oxygen atoms in total. The van der Waals surface area contributed by atoms with Crippen LogP contribution in [0.2, 0.25) is 0 Å². The summed E-state index contributed by atoms with van der Waals surface area (Å²) in [5, 5.41) is 10.8. The fraction of sp³-hybridized carbons (Fsp3) is 0.206. The van der Waals surface area contributed by atoms with Gasteiger partial charge in [-0.1, -0.05) is 24.3 Å². The quantitative estimate of drug-likeness (QED) is 0.227. The summed E-state index contributed by atoms with van der Waals surface area (Å²) in [7, 11) is 0. The zero-order valence-electron chi connectivity index (χ0n) is 22.9. The van der Waals surface area contributed by atoms with Crippen molar-refractivity contribution in [1.29, 1.82) is 0 Å². The summed E-state index contributed by atoms with van der Waals surface area (Å²) in [6.45, 7) is 4.88. The Morgan fingerprint density at radius 1 is 0.976 bits per heavy atom. The Balaban J connectivity index is 1.42. The van der Waals surface area contributed by atoms with Gasteiger partial charge in [0, 0.05) is 46.9 Å². The molecule has 0 radical (unpaired) electrons. The summed E-state index contributed by atoms with van der Waals surface area (Å²) in [5.41, 5.74) is 8.55. The Kier molecular flexibility index (Phi) is 7.10. The third-order valence-corrected chi connectivity index (χ3v) is 7.57. The maximum atomic E-state index is 13.2. The SMILES string of the molecule is Cc1nc(C)c(-c2ccc(OCCc3ccc(F)cc3)cc2)c(-c2ccc3c4c(ccnc24)CCO3)c1CC(=O)O. The van der Waals surface area contributed by atoms with Crippen LogP contribution >= 0.6 is 0 Å². The Hall–Kier alpha value is -4.78. The molecule has 0 spiro atoms. The average molecular weight is 549 g/mol. The largest absolute Gasteiger partial charge is 0.493 e. The second kappa shape index (κ2) is 11.0. The first-order valence-electron chi connectivity index (χ1n) is 13.6. The van der Waals surface area contributed by atoms with Crippen LogP contribution in [0.1, 0.15) is 28.1 Å². The van der Waals surface area contributed by atoms with E-state index in [9.17, 15) is 14.3 Å². The Bertz CT molecular complexity index is 1760. The molecule has 3 aromatic carbocycles. The van der Waals surface area contributed by atoms with Crippen LogP contribution in [0.4, 0.5) is 4.39 Å². The van der Waals surface area contributed by atoms with Crippen molar-refractivity contribution in [2.24, 2.45) is 0 Å². The molecule has 1 aliphatic rings. The highest BCUT2D eigenvalue weighted by Crippen LogP contribution is 2.44. The van der Waals surface area contributed by atoms with E-state index in [1.54, 1.807) is 12.1 Å². The number of ether oxygens (including phenoxy) is 2. The standard InChI is InChI=1S/C34H29FN2O4/c1-20-28(19-30(38)39)33(27-11-12-29-32-24(15-18-41-29)13-16-36-34(27)32)31(21(2)37-20)23-5-9-26(10-6-23)40-17-14-22-3-7-25(35)8-4-22/h3-13,16H,14-15,17-19H2,1-2H3,(H,38,39). The summed E-state index contributed by atoms with van der Waals surface area (Å²) in [4.78, 5) is 21.6. The molecule has 2 aromatic heterocycles. The smallest absolute Gasteiger partial charge is 0.307 e. The van der Waals surface area contributed by atoms with Crippen LogP contribution in [-0.2, 0) is 24.1 Å². The number of rotatable bonds is 8. The van der Waals surface area contributed by atoms with E-state index in [4.69, 9.17) is 19.4 Å². The van der Waals surface area contributed by atoms with Gasteiger partial charge in [0.05, 0.1) is 25.2 Å². The Morgan fingerprint density at radius 3 is 2.51 bits per heavy atom. The molecule has 41 heavy (non-hydrogen) atoms. The maximum Gasteiger partial charge on any atom is 0.307 e. The second-order valence-electron chi connectivity index (χ2n) is 10.2. The maximum absolute atomic E-state index is 13.2. The lowest BCUT2D eigenvalue weighted by atomic mass is 9.86. The third-order valence-electron chi connectivity index (χ3n) is 7.57. The number of hydrogen-bond donors (Lipinski definition) is 1. The van der Waals surface area contributed by atoms with E-state index >= 15 is 0 Å². The highest BCUT2D eigenvalue weighted by Gasteiger charge is 2.25. The Morgan fingerprint density at radius 2 is 1.76 bits per heavy atom. The van der Waals surface area contributed by atoms with Gasteiger partial charge in [0.25, 0.3) is 0 Å². The number of aromatic nitrogens is 2. The molecule has 1 N–H and O–H groups in total. The lowest BCUT2D eigenvalue weighted by molar-refractivity contribution is -0.136. The number of halogens is 1. The minimum Gasteiger partial charge on any atom is -0.493 e. The molecule has 0 aliphatic carbocycles. The van der Waals surface area contributed by atoms with E-state index in [0.29, 0.717) is 36.6 Å². The van der Waals surface area contributed by atoms with Crippen LogP contribution in [0, 0.1) is 19.7 Å². The van der Waals surface area contributed by atoms with Crippen LogP contribution in [0.5, 0.6) is 11.5 Å². The van der Waals surface area contributed by atoms with Crippen molar-refractivity contribution in [3.8, 4) is 33.8 Å². The molecule has 0 unspecified atom stereocenters. The van der Waals surface area contributed by atoms with Gasteiger partial charge < -0.3 is 14.6 Å². The van der Waals surface area contributed by atoms with Gasteiger partial charge in [-0.25, -0.2) is 4.39 Å². The first-order valence-corrected chi connectivity index (χ1v) is 13.6. The number of benzene rings is 3. The average Bonchev–Trinajstić information content (AvgIpc) is 2.96. The molecule has 1 aliphatic heterocycles. The summed E-state index contributed by atoms with van der Waals surface area (Å²) in [5.74, 6) is 0.328. The van der Waals surface area contributed by atoms with Gasteiger partial charge in [0.2, 0.25) is 0 Å². The van der Waals surface area contributed by atoms with Gasteiger partial charge >= 0.3 is 5.97 Å². The van der Waals surface area contributed by atoms with Gasteiger partial charge in [-0.2, -0.15) is 0 Å². The van der Waals surface area contributed by atoms with Crippen LogP contribution < -0.4 is 9.47 Å². The van der Waals surface area contributed by atoms with Crippen LogP contribution in [-0.4, -0.2) is 34.3 Å². The molecule has 0 saturated carbocycles. The zero-order chi connectivity index (χ0) is 28.5. The van der Waals surface area contributed by atoms with Crippen molar-refractivity contribution < 1.29 is 23.8 Å². The van der Waals surface area contributed by atoms with E-state index in [0.717, 1.165) is 56.6 Å².